The summed E-state index contributed by atoms with van der Waals surface area (Å²) in [5.74, 6) is 0.535. The summed E-state index contributed by atoms with van der Waals surface area (Å²) in [6.07, 6.45) is 0. The Morgan fingerprint density at radius 3 is 2.33 bits per heavy atom. The minimum absolute atomic E-state index is 0.0519. The van der Waals surface area contributed by atoms with Gasteiger partial charge in [-0.2, -0.15) is 5.10 Å². The number of halogens is 1. The number of benzene rings is 2. The van der Waals surface area contributed by atoms with Crippen LogP contribution in [-0.4, -0.2) is 31.4 Å². The predicted octanol–water partition coefficient (Wildman–Crippen LogP) is 4.23. The van der Waals surface area contributed by atoms with E-state index in [1.807, 2.05) is 13.8 Å². The van der Waals surface area contributed by atoms with E-state index >= 15 is 0 Å². The molecule has 0 unspecified atom stereocenters. The standard InChI is InChI=1S/C21H24FN3O4S/c1-5-28-18-11-12-20(29-6-2)19(13-18)24-30(26,27)21-14(3)23-25(15(21)4)17-9-7-16(22)8-10-17/h7-13,24H,5-6H2,1-4H3. The molecular weight excluding hydrogens is 409 g/mol. The lowest BCUT2D eigenvalue weighted by molar-refractivity contribution is 0.332. The molecule has 9 heteroatoms. The number of sulfonamides is 1. The van der Waals surface area contributed by atoms with Gasteiger partial charge in [0, 0.05) is 6.07 Å². The number of aromatic nitrogens is 2. The zero-order valence-electron chi connectivity index (χ0n) is 17.3. The predicted molar refractivity (Wildman–Crippen MR) is 113 cm³/mol. The van der Waals surface area contributed by atoms with E-state index in [0.29, 0.717) is 41.8 Å². The summed E-state index contributed by atoms with van der Waals surface area (Å²) in [5.41, 5.74) is 1.57. The number of hydrogen-bond donors (Lipinski definition) is 1. The first-order valence-corrected chi connectivity index (χ1v) is 11.0. The van der Waals surface area contributed by atoms with Crippen LogP contribution in [-0.2, 0) is 10.0 Å². The molecule has 160 valence electrons. The summed E-state index contributed by atoms with van der Waals surface area (Å²) in [5, 5.41) is 4.34. The average Bonchev–Trinajstić information content (AvgIpc) is 2.99. The van der Waals surface area contributed by atoms with E-state index in [1.165, 1.54) is 28.9 Å². The Morgan fingerprint density at radius 2 is 1.70 bits per heavy atom. The lowest BCUT2D eigenvalue weighted by Crippen LogP contribution is -2.16. The molecule has 0 radical (unpaired) electrons. The van der Waals surface area contributed by atoms with Crippen molar-refractivity contribution < 1.29 is 22.3 Å². The van der Waals surface area contributed by atoms with Crippen LogP contribution in [0.1, 0.15) is 25.2 Å². The van der Waals surface area contributed by atoms with Crippen molar-refractivity contribution >= 4 is 15.7 Å². The monoisotopic (exact) mass is 433 g/mol. The van der Waals surface area contributed by atoms with Crippen molar-refractivity contribution in [2.24, 2.45) is 0 Å². The fourth-order valence-corrected chi connectivity index (χ4v) is 4.63. The first-order chi connectivity index (χ1) is 14.3. The Balaban J connectivity index is 2.02. The van der Waals surface area contributed by atoms with Crippen molar-refractivity contribution in [3.05, 3.63) is 59.7 Å². The van der Waals surface area contributed by atoms with Gasteiger partial charge < -0.3 is 9.47 Å². The molecule has 0 saturated heterocycles. The molecule has 0 aliphatic heterocycles. The molecule has 0 saturated carbocycles. The highest BCUT2D eigenvalue weighted by atomic mass is 32.2. The van der Waals surface area contributed by atoms with E-state index in [2.05, 4.69) is 9.82 Å². The van der Waals surface area contributed by atoms with Crippen LogP contribution in [0.5, 0.6) is 11.5 Å². The highest BCUT2D eigenvalue weighted by Crippen LogP contribution is 2.33. The van der Waals surface area contributed by atoms with Crippen LogP contribution in [0.4, 0.5) is 10.1 Å². The summed E-state index contributed by atoms with van der Waals surface area (Å²) in [4.78, 5) is 0.0519. The number of anilines is 1. The van der Waals surface area contributed by atoms with E-state index in [9.17, 15) is 12.8 Å². The Morgan fingerprint density at radius 1 is 1.03 bits per heavy atom. The second-order valence-electron chi connectivity index (χ2n) is 6.52. The molecule has 0 amide bonds. The van der Waals surface area contributed by atoms with Gasteiger partial charge in [0.05, 0.1) is 36.0 Å². The Labute approximate surface area is 175 Å². The molecule has 7 nitrogen and oxygen atoms in total. The quantitative estimate of drug-likeness (QED) is 0.575. The number of nitrogens with zero attached hydrogens (tertiary/aromatic N) is 2. The van der Waals surface area contributed by atoms with Crippen LogP contribution in [0, 0.1) is 19.7 Å². The number of rotatable bonds is 8. The third-order valence-electron chi connectivity index (χ3n) is 4.37. The van der Waals surface area contributed by atoms with Crippen molar-refractivity contribution in [1.29, 1.82) is 0 Å². The maximum absolute atomic E-state index is 13.2. The van der Waals surface area contributed by atoms with Gasteiger partial charge in [-0.3, -0.25) is 4.72 Å². The molecule has 0 bridgehead atoms. The van der Waals surface area contributed by atoms with E-state index in [4.69, 9.17) is 9.47 Å². The first-order valence-electron chi connectivity index (χ1n) is 9.51. The summed E-state index contributed by atoms with van der Waals surface area (Å²) < 4.78 is 54.9. The summed E-state index contributed by atoms with van der Waals surface area (Å²) >= 11 is 0. The lowest BCUT2D eigenvalue weighted by atomic mass is 10.3. The molecule has 3 aromatic rings. The Bertz CT molecular complexity index is 1140. The SMILES string of the molecule is CCOc1ccc(OCC)c(NS(=O)(=O)c2c(C)nn(-c3ccc(F)cc3)c2C)c1. The van der Waals surface area contributed by atoms with Gasteiger partial charge in [0.2, 0.25) is 0 Å². The average molecular weight is 434 g/mol. The minimum atomic E-state index is -3.99. The molecule has 1 N–H and O–H groups in total. The van der Waals surface area contributed by atoms with E-state index in [1.54, 1.807) is 32.0 Å². The van der Waals surface area contributed by atoms with Crippen molar-refractivity contribution in [3.63, 3.8) is 0 Å². The first kappa shape index (κ1) is 21.6. The molecule has 1 heterocycles. The third kappa shape index (κ3) is 4.40. The number of ether oxygens (including phenoxy) is 2. The number of aryl methyl sites for hydroxylation is 1. The number of hydrogen-bond acceptors (Lipinski definition) is 5. The third-order valence-corrected chi connectivity index (χ3v) is 5.99. The summed E-state index contributed by atoms with van der Waals surface area (Å²) in [6, 6.07) is 10.6. The fourth-order valence-electron chi connectivity index (χ4n) is 3.17. The zero-order valence-corrected chi connectivity index (χ0v) is 18.1. The molecule has 30 heavy (non-hydrogen) atoms. The molecule has 0 aliphatic carbocycles. The van der Waals surface area contributed by atoms with E-state index < -0.39 is 10.0 Å². The molecule has 0 fully saturated rings. The highest BCUT2D eigenvalue weighted by Gasteiger charge is 2.26. The number of nitrogens with one attached hydrogen (secondary N) is 1. The van der Waals surface area contributed by atoms with Crippen LogP contribution in [0.25, 0.3) is 5.69 Å². The summed E-state index contributed by atoms with van der Waals surface area (Å²) in [7, 11) is -3.99. The zero-order chi connectivity index (χ0) is 21.9. The molecule has 1 aromatic heterocycles. The normalized spacial score (nSPS) is 11.4. The van der Waals surface area contributed by atoms with Gasteiger partial charge in [-0.05, 0) is 64.1 Å². The largest absolute Gasteiger partial charge is 0.494 e. The molecule has 0 spiro atoms. The fraction of sp³-hybridized carbons (Fsp3) is 0.286. The maximum Gasteiger partial charge on any atom is 0.265 e. The highest BCUT2D eigenvalue weighted by molar-refractivity contribution is 7.92. The van der Waals surface area contributed by atoms with Crippen LogP contribution in [0.15, 0.2) is 47.4 Å². The van der Waals surface area contributed by atoms with Gasteiger partial charge in [0.25, 0.3) is 10.0 Å². The molecule has 0 atom stereocenters. The van der Waals surface area contributed by atoms with Gasteiger partial charge in [-0.15, -0.1) is 0 Å². The Hall–Kier alpha value is -3.07. The lowest BCUT2D eigenvalue weighted by Gasteiger charge is -2.15. The summed E-state index contributed by atoms with van der Waals surface area (Å²) in [6.45, 7) is 7.75. The van der Waals surface area contributed by atoms with E-state index in [-0.39, 0.29) is 16.4 Å². The molecule has 3 rings (SSSR count). The van der Waals surface area contributed by atoms with Crippen LogP contribution < -0.4 is 14.2 Å². The van der Waals surface area contributed by atoms with Crippen LogP contribution in [0.3, 0.4) is 0 Å². The van der Waals surface area contributed by atoms with Crippen molar-refractivity contribution in [3.8, 4) is 17.2 Å². The van der Waals surface area contributed by atoms with Crippen LogP contribution in [0.2, 0.25) is 0 Å². The minimum Gasteiger partial charge on any atom is -0.494 e. The topological polar surface area (TPSA) is 82.4 Å². The van der Waals surface area contributed by atoms with Gasteiger partial charge in [0.15, 0.2) is 0 Å². The second-order valence-corrected chi connectivity index (χ2v) is 8.14. The van der Waals surface area contributed by atoms with Gasteiger partial charge in [0.1, 0.15) is 22.2 Å². The van der Waals surface area contributed by atoms with Crippen LogP contribution >= 0.6 is 0 Å². The van der Waals surface area contributed by atoms with Crippen molar-refractivity contribution in [1.82, 2.24) is 9.78 Å². The molecule has 0 aliphatic rings. The van der Waals surface area contributed by atoms with Gasteiger partial charge in [-0.1, -0.05) is 0 Å². The second kappa shape index (κ2) is 8.74. The smallest absolute Gasteiger partial charge is 0.265 e. The molecule has 2 aromatic carbocycles. The van der Waals surface area contributed by atoms with Gasteiger partial charge >= 0.3 is 0 Å². The Kier molecular flexibility index (Phi) is 6.31. The molecular formula is C21H24FN3O4S. The van der Waals surface area contributed by atoms with Crippen molar-refractivity contribution in [2.75, 3.05) is 17.9 Å². The van der Waals surface area contributed by atoms with Gasteiger partial charge in [-0.25, -0.2) is 17.5 Å². The van der Waals surface area contributed by atoms with Crippen molar-refractivity contribution in [2.45, 2.75) is 32.6 Å². The van der Waals surface area contributed by atoms with E-state index in [0.717, 1.165) is 0 Å². The maximum atomic E-state index is 13.2.